The summed E-state index contributed by atoms with van der Waals surface area (Å²) in [5.41, 5.74) is 0. The maximum absolute atomic E-state index is 5.79. The predicted molar refractivity (Wildman–Crippen MR) is 65.2 cm³/mol. The van der Waals surface area contributed by atoms with E-state index < -0.39 is 0 Å². The average molecular weight is 278 g/mol. The molecule has 0 aliphatic heterocycles. The fourth-order valence-corrected chi connectivity index (χ4v) is 4.04. The van der Waals surface area contributed by atoms with Crippen LogP contribution in [-0.4, -0.2) is 15.2 Å². The minimum atomic E-state index is 0.428. The van der Waals surface area contributed by atoms with Gasteiger partial charge in [-0.1, -0.05) is 48.1 Å². The predicted octanol–water partition coefficient (Wildman–Crippen LogP) is 3.92. The quantitative estimate of drug-likeness (QED) is 0.852. The van der Waals surface area contributed by atoms with Gasteiger partial charge in [-0.3, -0.25) is 0 Å². The molecule has 80 valence electrons. The highest BCUT2D eigenvalue weighted by Crippen LogP contribution is 2.35. The van der Waals surface area contributed by atoms with Crippen LogP contribution in [0.5, 0.6) is 0 Å². The third kappa shape index (κ3) is 2.90. The Morgan fingerprint density at radius 1 is 1.27 bits per heavy atom. The number of halogens is 1. The van der Waals surface area contributed by atoms with Gasteiger partial charge in [-0.2, -0.15) is 0 Å². The van der Waals surface area contributed by atoms with Gasteiger partial charge in [0.05, 0.1) is 6.20 Å². The second-order valence-corrected chi connectivity index (χ2v) is 7.26. The van der Waals surface area contributed by atoms with Crippen LogP contribution in [0.15, 0.2) is 14.9 Å². The molecule has 0 amide bonds. The van der Waals surface area contributed by atoms with Crippen LogP contribution < -0.4 is 0 Å². The molecule has 2 aromatic rings. The fraction of sp³-hybridized carbons (Fsp3) is 0.375. The van der Waals surface area contributed by atoms with Crippen LogP contribution in [0.3, 0.4) is 0 Å². The van der Waals surface area contributed by atoms with Crippen molar-refractivity contribution in [2.24, 2.45) is 0 Å². The van der Waals surface area contributed by atoms with E-state index in [9.17, 15) is 0 Å². The average Bonchev–Trinajstić information content (AvgIpc) is 2.76. The van der Waals surface area contributed by atoms with E-state index in [-0.39, 0.29) is 0 Å². The Balaban J connectivity index is 2.11. The number of rotatable bonds is 3. The van der Waals surface area contributed by atoms with Crippen LogP contribution in [0.2, 0.25) is 4.34 Å². The number of aromatic nitrogens is 3. The molecule has 2 heterocycles. The molecule has 0 aliphatic carbocycles. The third-order valence-electron chi connectivity index (χ3n) is 1.55. The monoisotopic (exact) mass is 277 g/mol. The van der Waals surface area contributed by atoms with Crippen molar-refractivity contribution in [1.82, 2.24) is 15.2 Å². The molecule has 0 unspecified atom stereocenters. The molecule has 0 aliphatic rings. The van der Waals surface area contributed by atoms with E-state index in [2.05, 4.69) is 29.0 Å². The van der Waals surface area contributed by atoms with Crippen LogP contribution in [-0.2, 0) is 0 Å². The smallest absolute Gasteiger partial charge is 0.181 e. The van der Waals surface area contributed by atoms with Crippen molar-refractivity contribution >= 4 is 46.0 Å². The molecule has 0 spiro atoms. The van der Waals surface area contributed by atoms with E-state index in [1.807, 2.05) is 0 Å². The zero-order valence-corrected chi connectivity index (χ0v) is 11.3. The van der Waals surface area contributed by atoms with Crippen LogP contribution in [0.1, 0.15) is 24.8 Å². The Bertz CT molecular complexity index is 451. The van der Waals surface area contributed by atoms with Gasteiger partial charge in [-0.05, 0) is 11.8 Å². The van der Waals surface area contributed by atoms with Crippen molar-refractivity contribution in [2.75, 3.05) is 0 Å². The van der Waals surface area contributed by atoms with Crippen molar-refractivity contribution in [3.8, 4) is 0 Å². The summed E-state index contributed by atoms with van der Waals surface area (Å²) in [6.07, 6.45) is 1.65. The maximum Gasteiger partial charge on any atom is 0.181 e. The molecule has 0 aromatic carbocycles. The van der Waals surface area contributed by atoms with Gasteiger partial charge in [-0.15, -0.1) is 10.2 Å². The molecule has 0 saturated carbocycles. The molecule has 0 fully saturated rings. The molecule has 0 saturated heterocycles. The summed E-state index contributed by atoms with van der Waals surface area (Å²) in [5, 5.41) is 9.26. The van der Waals surface area contributed by atoms with Crippen molar-refractivity contribution in [2.45, 2.75) is 28.4 Å². The van der Waals surface area contributed by atoms with Gasteiger partial charge in [-0.25, -0.2) is 4.98 Å². The summed E-state index contributed by atoms with van der Waals surface area (Å²) in [6.45, 7) is 4.21. The third-order valence-corrected chi connectivity index (χ3v) is 5.01. The minimum Gasteiger partial charge on any atom is -0.236 e. The summed E-state index contributed by atoms with van der Waals surface area (Å²) < 4.78 is 2.53. The SMILES string of the molecule is CC(C)c1nnc(Sc2ncc(Cl)s2)s1. The molecule has 7 heteroatoms. The van der Waals surface area contributed by atoms with E-state index >= 15 is 0 Å². The highest BCUT2D eigenvalue weighted by Gasteiger charge is 2.10. The molecule has 2 aromatic heterocycles. The first-order chi connectivity index (χ1) is 7.15. The maximum atomic E-state index is 5.79. The second-order valence-electron chi connectivity index (χ2n) is 3.09. The standard InChI is InChI=1S/C8H8ClN3S3/c1-4(2)6-11-12-8(14-6)15-7-10-3-5(9)13-7/h3-4H,1-2H3. The minimum absolute atomic E-state index is 0.428. The van der Waals surface area contributed by atoms with E-state index in [0.717, 1.165) is 13.7 Å². The second kappa shape index (κ2) is 4.78. The molecule has 3 nitrogen and oxygen atoms in total. The lowest BCUT2D eigenvalue weighted by Crippen LogP contribution is -1.83. The normalized spacial score (nSPS) is 11.2. The molecular weight excluding hydrogens is 270 g/mol. The highest BCUT2D eigenvalue weighted by molar-refractivity contribution is 8.02. The summed E-state index contributed by atoms with van der Waals surface area (Å²) in [7, 11) is 0. The van der Waals surface area contributed by atoms with Crippen LogP contribution in [0.25, 0.3) is 0 Å². The van der Waals surface area contributed by atoms with Gasteiger partial charge in [0.2, 0.25) is 0 Å². The number of hydrogen-bond acceptors (Lipinski definition) is 6. The zero-order valence-electron chi connectivity index (χ0n) is 8.10. The lowest BCUT2D eigenvalue weighted by molar-refractivity contribution is 0.817. The zero-order chi connectivity index (χ0) is 10.8. The van der Waals surface area contributed by atoms with Gasteiger partial charge in [0.15, 0.2) is 8.68 Å². The van der Waals surface area contributed by atoms with Crippen molar-refractivity contribution in [3.05, 3.63) is 15.5 Å². The molecule has 2 rings (SSSR count). The first-order valence-corrected chi connectivity index (χ1v) is 7.10. The Morgan fingerprint density at radius 2 is 2.07 bits per heavy atom. The lowest BCUT2D eigenvalue weighted by Gasteiger charge is -1.93. The largest absolute Gasteiger partial charge is 0.236 e. The molecule has 15 heavy (non-hydrogen) atoms. The Kier molecular flexibility index (Phi) is 3.60. The first kappa shape index (κ1) is 11.3. The van der Waals surface area contributed by atoms with Crippen molar-refractivity contribution in [3.63, 3.8) is 0 Å². The van der Waals surface area contributed by atoms with Crippen molar-refractivity contribution < 1.29 is 0 Å². The molecule has 0 bridgehead atoms. The summed E-state index contributed by atoms with van der Waals surface area (Å²) in [4.78, 5) is 4.15. The molecule has 0 N–H and O–H groups in total. The Morgan fingerprint density at radius 3 is 2.60 bits per heavy atom. The van der Waals surface area contributed by atoms with E-state index in [4.69, 9.17) is 11.6 Å². The number of hydrogen-bond donors (Lipinski definition) is 0. The van der Waals surface area contributed by atoms with E-state index in [1.165, 1.54) is 23.1 Å². The Hall–Kier alpha value is -0.170. The summed E-state index contributed by atoms with van der Waals surface area (Å²) in [6, 6.07) is 0. The number of nitrogens with zero attached hydrogens (tertiary/aromatic N) is 3. The molecule has 0 radical (unpaired) electrons. The number of thiazole rings is 1. The first-order valence-electron chi connectivity index (χ1n) is 4.27. The highest BCUT2D eigenvalue weighted by atomic mass is 35.5. The van der Waals surface area contributed by atoms with E-state index in [1.54, 1.807) is 17.5 Å². The summed E-state index contributed by atoms with van der Waals surface area (Å²) in [5.74, 6) is 0.428. The van der Waals surface area contributed by atoms with Crippen molar-refractivity contribution in [1.29, 1.82) is 0 Å². The molecule has 0 atom stereocenters. The lowest BCUT2D eigenvalue weighted by atomic mass is 10.2. The Labute approximate surface area is 105 Å². The van der Waals surface area contributed by atoms with Gasteiger partial charge < -0.3 is 0 Å². The van der Waals surface area contributed by atoms with Gasteiger partial charge in [0, 0.05) is 5.92 Å². The van der Waals surface area contributed by atoms with Crippen LogP contribution >= 0.6 is 46.0 Å². The van der Waals surface area contributed by atoms with E-state index in [0.29, 0.717) is 10.3 Å². The topological polar surface area (TPSA) is 38.7 Å². The summed E-state index contributed by atoms with van der Waals surface area (Å²) >= 11 is 10.4. The van der Waals surface area contributed by atoms with Crippen LogP contribution in [0, 0.1) is 0 Å². The van der Waals surface area contributed by atoms with Gasteiger partial charge >= 0.3 is 0 Å². The van der Waals surface area contributed by atoms with Gasteiger partial charge in [0.1, 0.15) is 9.34 Å². The van der Waals surface area contributed by atoms with Crippen LogP contribution in [0.4, 0.5) is 0 Å². The van der Waals surface area contributed by atoms with Gasteiger partial charge in [0.25, 0.3) is 0 Å². The fourth-order valence-electron chi connectivity index (χ4n) is 0.856. The molecular formula is C8H8ClN3S3.